The van der Waals surface area contributed by atoms with Gasteiger partial charge in [0.15, 0.2) is 0 Å². The van der Waals surface area contributed by atoms with Crippen molar-refractivity contribution in [2.24, 2.45) is 0 Å². The van der Waals surface area contributed by atoms with Gasteiger partial charge >= 0.3 is 0 Å². The van der Waals surface area contributed by atoms with Gasteiger partial charge in [0, 0.05) is 12.2 Å². The SMILES string of the molecule is Cc1ccc2c(c1)CN2. The molecule has 1 aliphatic rings. The van der Waals surface area contributed by atoms with Gasteiger partial charge in [-0.25, -0.2) is 0 Å². The number of nitrogens with one attached hydrogen (secondary N) is 1. The van der Waals surface area contributed by atoms with E-state index in [0.29, 0.717) is 0 Å². The van der Waals surface area contributed by atoms with Crippen molar-refractivity contribution in [3.8, 4) is 0 Å². The summed E-state index contributed by atoms with van der Waals surface area (Å²) in [5, 5.41) is 3.22. The van der Waals surface area contributed by atoms with Crippen molar-refractivity contribution >= 4 is 5.69 Å². The summed E-state index contributed by atoms with van der Waals surface area (Å²) >= 11 is 0. The molecule has 2 rings (SSSR count). The minimum atomic E-state index is 1.05. The number of aryl methyl sites for hydroxylation is 1. The highest BCUT2D eigenvalue weighted by Gasteiger charge is 2.09. The third-order valence-corrected chi connectivity index (χ3v) is 1.73. The molecule has 0 amide bonds. The largest absolute Gasteiger partial charge is 0.381 e. The molecule has 1 heterocycles. The highest BCUT2D eigenvalue weighted by atomic mass is 14.9. The highest BCUT2D eigenvalue weighted by Crippen LogP contribution is 2.25. The van der Waals surface area contributed by atoms with E-state index < -0.39 is 0 Å². The Morgan fingerprint density at radius 3 is 2.78 bits per heavy atom. The van der Waals surface area contributed by atoms with E-state index in [9.17, 15) is 0 Å². The van der Waals surface area contributed by atoms with E-state index in [-0.39, 0.29) is 0 Å². The van der Waals surface area contributed by atoms with E-state index >= 15 is 0 Å². The van der Waals surface area contributed by atoms with Crippen molar-refractivity contribution in [1.29, 1.82) is 0 Å². The molecule has 0 radical (unpaired) electrons. The molecule has 0 saturated heterocycles. The van der Waals surface area contributed by atoms with E-state index in [1.807, 2.05) is 0 Å². The summed E-state index contributed by atoms with van der Waals surface area (Å²) in [7, 11) is 0. The Morgan fingerprint density at radius 1 is 1.44 bits per heavy atom. The molecule has 0 unspecified atom stereocenters. The first-order valence-corrected chi connectivity index (χ1v) is 3.20. The molecule has 0 aliphatic carbocycles. The van der Waals surface area contributed by atoms with Crippen LogP contribution in [0.25, 0.3) is 0 Å². The summed E-state index contributed by atoms with van der Waals surface area (Å²) in [5.41, 5.74) is 4.12. The third kappa shape index (κ3) is 0.611. The first-order valence-electron chi connectivity index (χ1n) is 3.20. The van der Waals surface area contributed by atoms with Crippen molar-refractivity contribution in [2.75, 3.05) is 5.32 Å². The molecule has 1 aromatic carbocycles. The van der Waals surface area contributed by atoms with Crippen molar-refractivity contribution in [3.63, 3.8) is 0 Å². The predicted molar refractivity (Wildman–Crippen MR) is 38.5 cm³/mol. The number of hydrogen-bond donors (Lipinski definition) is 1. The maximum absolute atomic E-state index is 3.22. The Bertz CT molecular complexity index is 240. The van der Waals surface area contributed by atoms with Gasteiger partial charge in [0.1, 0.15) is 0 Å². The average molecular weight is 119 g/mol. The van der Waals surface area contributed by atoms with Crippen molar-refractivity contribution < 1.29 is 0 Å². The standard InChI is InChI=1S/C8H9N/c1-6-2-3-8-7(4-6)5-9-8/h2-4,9H,5H2,1H3. The van der Waals surface area contributed by atoms with Gasteiger partial charge in [-0.3, -0.25) is 0 Å². The summed E-state index contributed by atoms with van der Waals surface area (Å²) in [4.78, 5) is 0. The number of rotatable bonds is 0. The van der Waals surface area contributed by atoms with Gasteiger partial charge in [-0.15, -0.1) is 0 Å². The topological polar surface area (TPSA) is 12.0 Å². The van der Waals surface area contributed by atoms with Gasteiger partial charge in [0.05, 0.1) is 0 Å². The zero-order chi connectivity index (χ0) is 6.27. The Morgan fingerprint density at radius 2 is 2.33 bits per heavy atom. The van der Waals surface area contributed by atoms with Crippen LogP contribution in [-0.2, 0) is 6.54 Å². The summed E-state index contributed by atoms with van der Waals surface area (Å²) < 4.78 is 0. The fourth-order valence-corrected chi connectivity index (χ4v) is 1.12. The Kier molecular flexibility index (Phi) is 0.810. The van der Waals surface area contributed by atoms with Crippen LogP contribution in [0.1, 0.15) is 11.1 Å². The van der Waals surface area contributed by atoms with Gasteiger partial charge in [-0.1, -0.05) is 17.7 Å². The monoisotopic (exact) mass is 119 g/mol. The van der Waals surface area contributed by atoms with E-state index in [1.54, 1.807) is 0 Å². The lowest BCUT2D eigenvalue weighted by atomic mass is 10.0. The normalized spacial score (nSPS) is 13.4. The molecular formula is C8H9N. The van der Waals surface area contributed by atoms with Gasteiger partial charge in [-0.2, -0.15) is 0 Å². The quantitative estimate of drug-likeness (QED) is 0.550. The number of fused-ring (bicyclic) bond motifs is 1. The molecule has 0 saturated carbocycles. The molecule has 1 aromatic rings. The maximum atomic E-state index is 3.22. The van der Waals surface area contributed by atoms with Crippen LogP contribution in [0.3, 0.4) is 0 Å². The fraction of sp³-hybridized carbons (Fsp3) is 0.250. The van der Waals surface area contributed by atoms with Gasteiger partial charge in [0.2, 0.25) is 0 Å². The molecule has 0 bridgehead atoms. The summed E-state index contributed by atoms with van der Waals surface area (Å²) in [5.74, 6) is 0. The fourth-order valence-electron chi connectivity index (χ4n) is 1.12. The molecule has 0 atom stereocenters. The predicted octanol–water partition coefficient (Wildman–Crippen LogP) is 1.92. The van der Waals surface area contributed by atoms with Crippen LogP contribution in [0, 0.1) is 6.92 Å². The smallest absolute Gasteiger partial charge is 0.0421 e. The molecule has 0 aromatic heterocycles. The number of hydrogen-bond acceptors (Lipinski definition) is 1. The first-order chi connectivity index (χ1) is 4.36. The summed E-state index contributed by atoms with van der Waals surface area (Å²) in [6.45, 7) is 3.18. The Hall–Kier alpha value is -0.980. The van der Waals surface area contributed by atoms with E-state index in [2.05, 4.69) is 30.4 Å². The van der Waals surface area contributed by atoms with Gasteiger partial charge in [-0.05, 0) is 18.6 Å². The second-order valence-corrected chi connectivity index (χ2v) is 2.51. The van der Waals surface area contributed by atoms with E-state index in [0.717, 1.165) is 6.54 Å². The molecule has 9 heavy (non-hydrogen) atoms. The molecular weight excluding hydrogens is 110 g/mol. The second-order valence-electron chi connectivity index (χ2n) is 2.51. The zero-order valence-corrected chi connectivity index (χ0v) is 5.44. The van der Waals surface area contributed by atoms with Crippen LogP contribution in [0.2, 0.25) is 0 Å². The minimum Gasteiger partial charge on any atom is -0.381 e. The van der Waals surface area contributed by atoms with Gasteiger partial charge < -0.3 is 5.32 Å². The Labute approximate surface area is 54.7 Å². The van der Waals surface area contributed by atoms with Crippen LogP contribution in [0.4, 0.5) is 5.69 Å². The average Bonchev–Trinajstić information content (AvgIpc) is 1.78. The molecule has 46 valence electrons. The third-order valence-electron chi connectivity index (χ3n) is 1.73. The number of benzene rings is 1. The second kappa shape index (κ2) is 1.50. The molecule has 0 spiro atoms. The highest BCUT2D eigenvalue weighted by molar-refractivity contribution is 5.60. The van der Waals surface area contributed by atoms with E-state index in [1.165, 1.54) is 16.8 Å². The van der Waals surface area contributed by atoms with Crippen molar-refractivity contribution in [3.05, 3.63) is 29.3 Å². The number of anilines is 1. The molecule has 1 aliphatic heterocycles. The van der Waals surface area contributed by atoms with Crippen molar-refractivity contribution in [2.45, 2.75) is 13.5 Å². The molecule has 0 fully saturated rings. The maximum Gasteiger partial charge on any atom is 0.0421 e. The lowest BCUT2D eigenvalue weighted by Gasteiger charge is -2.21. The van der Waals surface area contributed by atoms with Crippen LogP contribution >= 0.6 is 0 Å². The lowest BCUT2D eigenvalue weighted by Crippen LogP contribution is -2.12. The molecule has 1 heteroatoms. The van der Waals surface area contributed by atoms with Crippen LogP contribution in [0.5, 0.6) is 0 Å². The summed E-state index contributed by atoms with van der Waals surface area (Å²) in [6.07, 6.45) is 0. The van der Waals surface area contributed by atoms with Crippen molar-refractivity contribution in [1.82, 2.24) is 0 Å². The van der Waals surface area contributed by atoms with Crippen LogP contribution in [0.15, 0.2) is 18.2 Å². The van der Waals surface area contributed by atoms with E-state index in [4.69, 9.17) is 0 Å². The Balaban J connectivity index is 2.57. The molecule has 1 N–H and O–H groups in total. The summed E-state index contributed by atoms with van der Waals surface area (Å²) in [6, 6.07) is 6.49. The van der Waals surface area contributed by atoms with Gasteiger partial charge in [0.25, 0.3) is 0 Å². The minimum absolute atomic E-state index is 1.05. The lowest BCUT2D eigenvalue weighted by molar-refractivity contribution is 1.05. The first kappa shape index (κ1) is 4.86. The van der Waals surface area contributed by atoms with Crippen LogP contribution in [-0.4, -0.2) is 0 Å². The zero-order valence-electron chi connectivity index (χ0n) is 5.44. The molecule has 1 nitrogen and oxygen atoms in total. The van der Waals surface area contributed by atoms with Crippen LogP contribution < -0.4 is 5.32 Å².